The van der Waals surface area contributed by atoms with Gasteiger partial charge in [0.05, 0.1) is 22.7 Å². The second kappa shape index (κ2) is 10.2. The molecule has 4 rings (SSSR count). The topological polar surface area (TPSA) is 60.7 Å². The number of hydrogen-bond acceptors (Lipinski definition) is 3. The van der Waals surface area contributed by atoms with Crippen LogP contribution in [0.2, 0.25) is 10.0 Å². The maximum absolute atomic E-state index is 11.6. The van der Waals surface area contributed by atoms with E-state index in [1.165, 1.54) is 0 Å². The molecule has 1 heterocycles. The highest BCUT2D eigenvalue weighted by Gasteiger charge is 2.22. The Morgan fingerprint density at radius 1 is 1.00 bits per heavy atom. The molecule has 0 saturated carbocycles. The summed E-state index contributed by atoms with van der Waals surface area (Å²) in [4.78, 5) is 11.6. The fourth-order valence-corrected chi connectivity index (χ4v) is 4.41. The number of aryl methyl sites for hydroxylation is 2. The number of carboxylic acid groups (broad SMARTS) is 1. The number of aromatic nitrogens is 1. The molecule has 0 radical (unpaired) electrons. The lowest BCUT2D eigenvalue weighted by molar-refractivity contribution is 0.141. The Hall–Kier alpha value is -3.15. The van der Waals surface area contributed by atoms with Crippen LogP contribution in [-0.2, 0) is 6.54 Å². The molecule has 1 aromatic heterocycles. The first-order chi connectivity index (χ1) is 16.0. The smallest absolute Gasteiger partial charge is 0.492 e. The predicted molar refractivity (Wildman–Crippen MR) is 132 cm³/mol. The van der Waals surface area contributed by atoms with Crippen LogP contribution in [0.3, 0.4) is 0 Å². The summed E-state index contributed by atoms with van der Waals surface area (Å²) in [5.74, 6) is 0.920. The second-order valence-corrected chi connectivity index (χ2v) is 8.51. The molecule has 33 heavy (non-hydrogen) atoms. The van der Waals surface area contributed by atoms with Crippen LogP contribution in [0, 0.1) is 6.92 Å². The van der Waals surface area contributed by atoms with E-state index < -0.39 is 6.16 Å². The van der Waals surface area contributed by atoms with Gasteiger partial charge in [-0.15, -0.1) is 0 Å². The van der Waals surface area contributed by atoms with Crippen molar-refractivity contribution in [3.8, 4) is 22.8 Å². The summed E-state index contributed by atoms with van der Waals surface area (Å²) in [6, 6.07) is 20.9. The van der Waals surface area contributed by atoms with Crippen molar-refractivity contribution >= 4 is 40.3 Å². The number of benzene rings is 3. The van der Waals surface area contributed by atoms with Crippen molar-refractivity contribution in [1.82, 2.24) is 4.57 Å². The highest BCUT2D eigenvalue weighted by Crippen LogP contribution is 2.41. The van der Waals surface area contributed by atoms with Crippen molar-refractivity contribution < 1.29 is 19.4 Å². The lowest BCUT2D eigenvalue weighted by Gasteiger charge is -2.12. The van der Waals surface area contributed by atoms with Gasteiger partial charge in [0.1, 0.15) is 5.75 Å². The Labute approximate surface area is 202 Å². The van der Waals surface area contributed by atoms with Gasteiger partial charge in [0.2, 0.25) is 5.88 Å². The lowest BCUT2D eigenvalue weighted by Crippen LogP contribution is -2.10. The van der Waals surface area contributed by atoms with E-state index in [0.717, 1.165) is 40.4 Å². The van der Waals surface area contributed by atoms with E-state index in [-0.39, 0.29) is 0 Å². The van der Waals surface area contributed by atoms with Crippen LogP contribution < -0.4 is 9.47 Å². The highest BCUT2D eigenvalue weighted by molar-refractivity contribution is 6.35. The lowest BCUT2D eigenvalue weighted by atomic mass is 10.00. The van der Waals surface area contributed by atoms with Gasteiger partial charge in [-0.3, -0.25) is 0 Å². The van der Waals surface area contributed by atoms with Gasteiger partial charge >= 0.3 is 6.16 Å². The summed E-state index contributed by atoms with van der Waals surface area (Å²) in [6.07, 6.45) is 0.166. The number of halogens is 2. The van der Waals surface area contributed by atoms with Gasteiger partial charge in [-0.25, -0.2) is 4.79 Å². The summed E-state index contributed by atoms with van der Waals surface area (Å²) in [5, 5.41) is 11.4. The van der Waals surface area contributed by atoms with E-state index in [2.05, 4.69) is 0 Å². The molecular weight excluding hydrogens is 461 g/mol. The van der Waals surface area contributed by atoms with Crippen LogP contribution in [0.4, 0.5) is 4.79 Å². The maximum atomic E-state index is 11.6. The predicted octanol–water partition coefficient (Wildman–Crippen LogP) is 7.84. The molecule has 0 saturated heterocycles. The molecule has 0 bridgehead atoms. The molecule has 0 amide bonds. The zero-order chi connectivity index (χ0) is 23.4. The first-order valence-corrected chi connectivity index (χ1v) is 11.4. The molecule has 170 valence electrons. The Morgan fingerprint density at radius 2 is 1.76 bits per heavy atom. The average Bonchev–Trinajstić information content (AvgIpc) is 3.07. The molecule has 0 aliphatic rings. The molecular formula is C26H23Cl2NO4. The molecule has 0 aliphatic carbocycles. The third-order valence-electron chi connectivity index (χ3n) is 5.45. The van der Waals surface area contributed by atoms with E-state index in [0.29, 0.717) is 34.8 Å². The van der Waals surface area contributed by atoms with Crippen LogP contribution in [0.15, 0.2) is 66.7 Å². The normalized spacial score (nSPS) is 11.0. The number of nitrogens with zero attached hydrogens (tertiary/aromatic N) is 1. The van der Waals surface area contributed by atoms with Gasteiger partial charge in [0, 0.05) is 17.0 Å². The van der Waals surface area contributed by atoms with Crippen molar-refractivity contribution in [3.63, 3.8) is 0 Å². The van der Waals surface area contributed by atoms with Crippen molar-refractivity contribution in [2.45, 2.75) is 26.3 Å². The van der Waals surface area contributed by atoms with Crippen LogP contribution in [0.5, 0.6) is 11.6 Å². The average molecular weight is 484 g/mol. The Morgan fingerprint density at radius 3 is 2.52 bits per heavy atom. The number of unbranched alkanes of at least 4 members (excludes halogenated alkanes) is 1. The molecule has 5 nitrogen and oxygen atoms in total. The van der Waals surface area contributed by atoms with Crippen LogP contribution in [0.1, 0.15) is 18.4 Å². The first kappa shape index (κ1) is 23.0. The SMILES string of the molecule is Cc1ccccc1-c1c(OC(=O)O)n(CCCCOc2ccc(Cl)cc2Cl)c2ccccc12. The van der Waals surface area contributed by atoms with Gasteiger partial charge in [-0.2, -0.15) is 0 Å². The van der Waals surface area contributed by atoms with Gasteiger partial charge in [-0.1, -0.05) is 65.7 Å². The maximum Gasteiger partial charge on any atom is 0.512 e. The van der Waals surface area contributed by atoms with Crippen molar-refractivity contribution in [2.24, 2.45) is 0 Å². The summed E-state index contributed by atoms with van der Waals surface area (Å²) >= 11 is 12.1. The zero-order valence-corrected chi connectivity index (χ0v) is 19.6. The van der Waals surface area contributed by atoms with Gasteiger partial charge in [0.15, 0.2) is 0 Å². The van der Waals surface area contributed by atoms with Crippen molar-refractivity contribution in [3.05, 3.63) is 82.3 Å². The largest absolute Gasteiger partial charge is 0.512 e. The third kappa shape index (κ3) is 5.10. The van der Waals surface area contributed by atoms with E-state index in [1.807, 2.05) is 60.0 Å². The molecule has 3 aromatic carbocycles. The van der Waals surface area contributed by atoms with E-state index in [9.17, 15) is 9.90 Å². The summed E-state index contributed by atoms with van der Waals surface area (Å²) in [6.45, 7) is 3.05. The van der Waals surface area contributed by atoms with E-state index >= 15 is 0 Å². The van der Waals surface area contributed by atoms with Crippen LogP contribution >= 0.6 is 23.2 Å². The van der Waals surface area contributed by atoms with Crippen molar-refractivity contribution in [2.75, 3.05) is 6.61 Å². The molecule has 4 aromatic rings. The quantitative estimate of drug-likeness (QED) is 0.204. The summed E-state index contributed by atoms with van der Waals surface area (Å²) < 4.78 is 13.1. The number of hydrogen-bond donors (Lipinski definition) is 1. The number of rotatable bonds is 8. The third-order valence-corrected chi connectivity index (χ3v) is 5.98. The molecule has 1 N–H and O–H groups in total. The first-order valence-electron chi connectivity index (χ1n) is 10.6. The Kier molecular flexibility index (Phi) is 7.11. The zero-order valence-electron chi connectivity index (χ0n) is 18.1. The monoisotopic (exact) mass is 483 g/mol. The number of ether oxygens (including phenoxy) is 2. The summed E-state index contributed by atoms with van der Waals surface area (Å²) in [7, 11) is 0. The highest BCUT2D eigenvalue weighted by atomic mass is 35.5. The van der Waals surface area contributed by atoms with E-state index in [4.69, 9.17) is 32.7 Å². The van der Waals surface area contributed by atoms with Gasteiger partial charge in [-0.05, 0) is 55.2 Å². The Balaban J connectivity index is 1.59. The van der Waals surface area contributed by atoms with Crippen molar-refractivity contribution in [1.29, 1.82) is 0 Å². The molecule has 0 spiro atoms. The fraction of sp³-hybridized carbons (Fsp3) is 0.192. The number of para-hydroxylation sites is 1. The molecule has 0 aliphatic heterocycles. The Bertz CT molecular complexity index is 1300. The van der Waals surface area contributed by atoms with Crippen LogP contribution in [-0.4, -0.2) is 22.4 Å². The van der Waals surface area contributed by atoms with Gasteiger partial charge in [0.25, 0.3) is 0 Å². The molecule has 7 heteroatoms. The van der Waals surface area contributed by atoms with Crippen LogP contribution in [0.25, 0.3) is 22.0 Å². The van der Waals surface area contributed by atoms with Gasteiger partial charge < -0.3 is 19.1 Å². The molecule has 0 unspecified atom stereocenters. The minimum atomic E-state index is -1.34. The number of carbonyl (C=O) groups is 1. The standard InChI is InChI=1S/C26H23Cl2NO4/c1-17-8-2-3-9-19(17)24-20-10-4-5-11-22(20)29(25(24)33-26(30)31)14-6-7-15-32-23-13-12-18(27)16-21(23)28/h2-5,8-13,16H,6-7,14-15H2,1H3,(H,30,31). The fourth-order valence-electron chi connectivity index (χ4n) is 3.95. The molecule has 0 fully saturated rings. The minimum Gasteiger partial charge on any atom is -0.492 e. The second-order valence-electron chi connectivity index (χ2n) is 7.66. The number of fused-ring (bicyclic) bond motifs is 1. The molecule has 0 atom stereocenters. The summed E-state index contributed by atoms with van der Waals surface area (Å²) in [5.41, 5.74) is 3.71. The van der Waals surface area contributed by atoms with E-state index in [1.54, 1.807) is 18.2 Å². The minimum absolute atomic E-state index is 0.333.